The number of pyridine rings is 3. The van der Waals surface area contributed by atoms with E-state index in [4.69, 9.17) is 19.2 Å². The van der Waals surface area contributed by atoms with E-state index in [9.17, 15) is 4.79 Å². The van der Waals surface area contributed by atoms with E-state index in [1.165, 1.54) is 7.11 Å². The summed E-state index contributed by atoms with van der Waals surface area (Å²) in [5.74, 6) is 0.828. The summed E-state index contributed by atoms with van der Waals surface area (Å²) in [4.78, 5) is 27.7. The van der Waals surface area contributed by atoms with Crippen LogP contribution in [0, 0.1) is 0 Å². The first-order valence-corrected chi connectivity index (χ1v) is 8.97. The standard InChI is InChI=1S/C21H20N4O4/c1-27-12-13-6-15(10-22-8-13)25-11-18-16(21(25)26)4-5-17(24-18)14-7-19(28-2)20(29-3)23-9-14/h4-10H,11-12H2,1-3H3. The first kappa shape index (κ1) is 18.8. The van der Waals surface area contributed by atoms with Crippen LogP contribution in [0.3, 0.4) is 0 Å². The number of amides is 1. The van der Waals surface area contributed by atoms with Crippen LogP contribution in [0.15, 0.2) is 42.9 Å². The van der Waals surface area contributed by atoms with E-state index in [1.807, 2.05) is 18.2 Å². The number of carbonyl (C=O) groups is 1. The zero-order chi connectivity index (χ0) is 20.4. The second-order valence-electron chi connectivity index (χ2n) is 6.50. The number of methoxy groups -OCH3 is 3. The van der Waals surface area contributed by atoms with Crippen LogP contribution in [0.1, 0.15) is 21.6 Å². The van der Waals surface area contributed by atoms with Crippen molar-refractivity contribution in [3.8, 4) is 22.9 Å². The topological polar surface area (TPSA) is 86.7 Å². The maximum absolute atomic E-state index is 12.9. The molecule has 4 heterocycles. The molecule has 8 nitrogen and oxygen atoms in total. The first-order valence-electron chi connectivity index (χ1n) is 8.97. The van der Waals surface area contributed by atoms with Crippen molar-refractivity contribution in [2.24, 2.45) is 0 Å². The van der Waals surface area contributed by atoms with Gasteiger partial charge in [0.05, 0.1) is 56.2 Å². The number of hydrogen-bond acceptors (Lipinski definition) is 7. The van der Waals surface area contributed by atoms with Crippen molar-refractivity contribution in [1.29, 1.82) is 0 Å². The summed E-state index contributed by atoms with van der Waals surface area (Å²) >= 11 is 0. The summed E-state index contributed by atoms with van der Waals surface area (Å²) in [6.07, 6.45) is 5.06. The molecule has 3 aromatic heterocycles. The molecule has 1 amide bonds. The van der Waals surface area contributed by atoms with E-state index in [0.717, 1.165) is 16.8 Å². The van der Waals surface area contributed by atoms with Gasteiger partial charge in [0, 0.05) is 25.1 Å². The van der Waals surface area contributed by atoms with Gasteiger partial charge in [-0.05, 0) is 29.8 Å². The Balaban J connectivity index is 1.65. The van der Waals surface area contributed by atoms with Gasteiger partial charge in [0.15, 0.2) is 5.75 Å². The molecule has 0 unspecified atom stereocenters. The molecular weight excluding hydrogens is 372 g/mol. The minimum atomic E-state index is -0.0964. The maximum Gasteiger partial charge on any atom is 0.260 e. The van der Waals surface area contributed by atoms with Gasteiger partial charge in [-0.15, -0.1) is 0 Å². The molecule has 0 saturated heterocycles. The predicted molar refractivity (Wildman–Crippen MR) is 106 cm³/mol. The Morgan fingerprint density at radius 2 is 1.93 bits per heavy atom. The van der Waals surface area contributed by atoms with Crippen LogP contribution in [-0.4, -0.2) is 42.2 Å². The molecule has 148 valence electrons. The van der Waals surface area contributed by atoms with Gasteiger partial charge in [-0.2, -0.15) is 0 Å². The average molecular weight is 392 g/mol. The zero-order valence-corrected chi connectivity index (χ0v) is 16.4. The summed E-state index contributed by atoms with van der Waals surface area (Å²) in [5.41, 5.74) is 4.40. The lowest BCUT2D eigenvalue weighted by Gasteiger charge is -2.15. The second-order valence-corrected chi connectivity index (χ2v) is 6.50. The molecule has 3 aromatic rings. The number of fused-ring (bicyclic) bond motifs is 1. The van der Waals surface area contributed by atoms with Crippen LogP contribution in [0.25, 0.3) is 11.3 Å². The van der Waals surface area contributed by atoms with Crippen molar-refractivity contribution in [3.63, 3.8) is 0 Å². The molecule has 1 aliphatic heterocycles. The average Bonchev–Trinajstić information content (AvgIpc) is 3.09. The van der Waals surface area contributed by atoms with Gasteiger partial charge in [-0.1, -0.05) is 0 Å². The van der Waals surface area contributed by atoms with Crippen LogP contribution in [0.2, 0.25) is 0 Å². The molecule has 1 aliphatic rings. The molecule has 4 rings (SSSR count). The van der Waals surface area contributed by atoms with Gasteiger partial charge in [0.1, 0.15) is 0 Å². The number of aromatic nitrogens is 3. The highest BCUT2D eigenvalue weighted by molar-refractivity contribution is 6.09. The monoisotopic (exact) mass is 392 g/mol. The SMILES string of the molecule is COCc1cncc(N2Cc3nc(-c4cnc(OC)c(OC)c4)ccc3C2=O)c1. The molecule has 8 heteroatoms. The number of carbonyl (C=O) groups excluding carboxylic acids is 1. The number of rotatable bonds is 6. The highest BCUT2D eigenvalue weighted by atomic mass is 16.5. The third-order valence-electron chi connectivity index (χ3n) is 4.69. The molecule has 0 aliphatic carbocycles. The highest BCUT2D eigenvalue weighted by Crippen LogP contribution is 2.32. The first-order chi connectivity index (χ1) is 14.1. The summed E-state index contributed by atoms with van der Waals surface area (Å²) in [6, 6.07) is 7.32. The van der Waals surface area contributed by atoms with Gasteiger partial charge >= 0.3 is 0 Å². The summed E-state index contributed by atoms with van der Waals surface area (Å²) in [5, 5.41) is 0. The molecule has 0 atom stereocenters. The van der Waals surface area contributed by atoms with Crippen molar-refractivity contribution in [3.05, 3.63) is 59.7 Å². The highest BCUT2D eigenvalue weighted by Gasteiger charge is 2.30. The molecule has 0 aromatic carbocycles. The summed E-state index contributed by atoms with van der Waals surface area (Å²) in [7, 11) is 4.72. The molecule has 0 spiro atoms. The normalized spacial score (nSPS) is 12.8. The van der Waals surface area contributed by atoms with Crippen molar-refractivity contribution in [2.45, 2.75) is 13.2 Å². The lowest BCUT2D eigenvalue weighted by molar-refractivity contribution is 0.0996. The predicted octanol–water partition coefficient (Wildman–Crippen LogP) is 2.86. The number of hydrogen-bond donors (Lipinski definition) is 0. The Morgan fingerprint density at radius 3 is 2.69 bits per heavy atom. The molecular formula is C21H20N4O4. The summed E-state index contributed by atoms with van der Waals surface area (Å²) < 4.78 is 15.7. The van der Waals surface area contributed by atoms with Gasteiger partial charge in [-0.3, -0.25) is 14.8 Å². The minimum Gasteiger partial charge on any atom is -0.491 e. The Morgan fingerprint density at radius 1 is 1.07 bits per heavy atom. The van der Waals surface area contributed by atoms with Gasteiger partial charge in [0.2, 0.25) is 0 Å². The van der Waals surface area contributed by atoms with Crippen LogP contribution < -0.4 is 14.4 Å². The number of anilines is 1. The Labute approximate surface area is 168 Å². The Hall–Kier alpha value is -3.52. The summed E-state index contributed by atoms with van der Waals surface area (Å²) in [6.45, 7) is 0.811. The fraction of sp³-hybridized carbons (Fsp3) is 0.238. The van der Waals surface area contributed by atoms with E-state index in [-0.39, 0.29) is 5.91 Å². The van der Waals surface area contributed by atoms with Crippen molar-refractivity contribution < 1.29 is 19.0 Å². The minimum absolute atomic E-state index is 0.0964. The van der Waals surface area contributed by atoms with Crippen LogP contribution >= 0.6 is 0 Å². The van der Waals surface area contributed by atoms with Crippen LogP contribution in [0.4, 0.5) is 5.69 Å². The number of ether oxygens (including phenoxy) is 3. The quantitative estimate of drug-likeness (QED) is 0.637. The molecule has 0 saturated carbocycles. The van der Waals surface area contributed by atoms with E-state index in [1.54, 1.807) is 43.8 Å². The Bertz CT molecular complexity index is 1070. The lowest BCUT2D eigenvalue weighted by atomic mass is 10.1. The molecule has 0 fully saturated rings. The van der Waals surface area contributed by atoms with E-state index in [2.05, 4.69) is 9.97 Å². The molecule has 0 radical (unpaired) electrons. The molecule has 0 N–H and O–H groups in total. The van der Waals surface area contributed by atoms with Gasteiger partial charge in [0.25, 0.3) is 11.8 Å². The zero-order valence-electron chi connectivity index (χ0n) is 16.4. The van der Waals surface area contributed by atoms with Gasteiger partial charge < -0.3 is 19.1 Å². The lowest BCUT2D eigenvalue weighted by Crippen LogP contribution is -2.23. The van der Waals surface area contributed by atoms with Crippen molar-refractivity contribution in [1.82, 2.24) is 15.0 Å². The van der Waals surface area contributed by atoms with Crippen molar-refractivity contribution in [2.75, 3.05) is 26.2 Å². The van der Waals surface area contributed by atoms with E-state index < -0.39 is 0 Å². The largest absolute Gasteiger partial charge is 0.491 e. The second kappa shape index (κ2) is 7.84. The Kier molecular flexibility index (Phi) is 5.09. The third kappa shape index (κ3) is 3.50. The fourth-order valence-electron chi connectivity index (χ4n) is 3.29. The molecule has 0 bridgehead atoms. The van der Waals surface area contributed by atoms with Crippen molar-refractivity contribution >= 4 is 11.6 Å². The fourth-order valence-corrected chi connectivity index (χ4v) is 3.29. The molecule has 29 heavy (non-hydrogen) atoms. The van der Waals surface area contributed by atoms with Crippen LogP contribution in [0.5, 0.6) is 11.6 Å². The maximum atomic E-state index is 12.9. The number of nitrogens with zero attached hydrogens (tertiary/aromatic N) is 4. The van der Waals surface area contributed by atoms with Gasteiger partial charge in [-0.25, -0.2) is 4.98 Å². The third-order valence-corrected chi connectivity index (χ3v) is 4.69. The van der Waals surface area contributed by atoms with Crippen LogP contribution in [-0.2, 0) is 17.9 Å². The van der Waals surface area contributed by atoms with E-state index in [0.29, 0.717) is 41.7 Å². The van der Waals surface area contributed by atoms with E-state index >= 15 is 0 Å². The smallest absolute Gasteiger partial charge is 0.260 e.